The quantitative estimate of drug-likeness (QED) is 0.698. The molecule has 1 unspecified atom stereocenters. The van der Waals surface area contributed by atoms with Crippen LogP contribution in [0.3, 0.4) is 0 Å². The Morgan fingerprint density at radius 2 is 2.08 bits per heavy atom. The monoisotopic (exact) mass is 326 g/mol. The number of hydrogen-bond donors (Lipinski definition) is 1. The predicted molar refractivity (Wildman–Crippen MR) is 86.1 cm³/mol. The highest BCUT2D eigenvalue weighted by atomic mass is 16.6. The number of aromatic nitrogens is 4. The molecular formula is C17H18N4O3. The first kappa shape index (κ1) is 15.9. The Morgan fingerprint density at radius 1 is 1.29 bits per heavy atom. The van der Waals surface area contributed by atoms with E-state index in [0.29, 0.717) is 5.89 Å². The Morgan fingerprint density at radius 3 is 2.83 bits per heavy atom. The number of hydrogen-bond acceptors (Lipinski definition) is 6. The second kappa shape index (κ2) is 7.08. The minimum atomic E-state index is -0.659. The van der Waals surface area contributed by atoms with Crippen LogP contribution in [0.1, 0.15) is 48.4 Å². The molecule has 0 radical (unpaired) electrons. The van der Waals surface area contributed by atoms with E-state index in [0.717, 1.165) is 24.1 Å². The number of H-pyrrole nitrogens is 1. The normalized spacial score (nSPS) is 12.1. The van der Waals surface area contributed by atoms with E-state index in [-0.39, 0.29) is 11.6 Å². The molecule has 1 N–H and O–H groups in total. The summed E-state index contributed by atoms with van der Waals surface area (Å²) in [6.45, 7) is 3.74. The van der Waals surface area contributed by atoms with Crippen LogP contribution in [0.5, 0.6) is 0 Å². The van der Waals surface area contributed by atoms with E-state index >= 15 is 0 Å². The van der Waals surface area contributed by atoms with Crippen LogP contribution < -0.4 is 0 Å². The van der Waals surface area contributed by atoms with Gasteiger partial charge in [0.05, 0.1) is 0 Å². The first-order valence-electron chi connectivity index (χ1n) is 7.81. The molecule has 0 spiro atoms. The highest BCUT2D eigenvalue weighted by Gasteiger charge is 2.21. The molecule has 2 aromatic heterocycles. The molecule has 0 aliphatic heterocycles. The molecule has 124 valence electrons. The number of rotatable bonds is 6. The minimum Gasteiger partial charge on any atom is -0.448 e. The zero-order chi connectivity index (χ0) is 16.9. The lowest BCUT2D eigenvalue weighted by atomic mass is 10.2. The molecule has 2 heterocycles. The molecule has 1 atom stereocenters. The maximum Gasteiger partial charge on any atom is 0.359 e. The second-order valence-corrected chi connectivity index (χ2v) is 5.39. The van der Waals surface area contributed by atoms with Gasteiger partial charge < -0.3 is 9.15 Å². The highest BCUT2D eigenvalue weighted by Crippen LogP contribution is 2.22. The minimum absolute atomic E-state index is 0.242. The van der Waals surface area contributed by atoms with Crippen molar-refractivity contribution in [3.8, 4) is 11.5 Å². The number of aromatic amines is 1. The van der Waals surface area contributed by atoms with Crippen LogP contribution in [0.15, 0.2) is 40.8 Å². The molecule has 3 aromatic rings. The van der Waals surface area contributed by atoms with Crippen LogP contribution in [0.4, 0.5) is 0 Å². The van der Waals surface area contributed by atoms with Gasteiger partial charge in [0.1, 0.15) is 0 Å². The molecule has 0 aliphatic carbocycles. The zero-order valence-electron chi connectivity index (χ0n) is 13.5. The summed E-state index contributed by atoms with van der Waals surface area (Å²) in [6.07, 6.45) is 1.14. The molecule has 24 heavy (non-hydrogen) atoms. The fourth-order valence-electron chi connectivity index (χ4n) is 2.23. The van der Waals surface area contributed by atoms with Gasteiger partial charge in [0.25, 0.3) is 5.89 Å². The summed E-state index contributed by atoms with van der Waals surface area (Å²) >= 11 is 0. The van der Waals surface area contributed by atoms with Crippen LogP contribution in [0.2, 0.25) is 0 Å². The van der Waals surface area contributed by atoms with Gasteiger partial charge in [-0.15, -0.1) is 10.2 Å². The lowest BCUT2D eigenvalue weighted by molar-refractivity contribution is 0.0273. The number of benzene rings is 1. The fourth-order valence-corrected chi connectivity index (χ4v) is 2.23. The third-order valence-corrected chi connectivity index (χ3v) is 3.45. The van der Waals surface area contributed by atoms with Gasteiger partial charge in [-0.25, -0.2) is 4.79 Å². The van der Waals surface area contributed by atoms with E-state index < -0.39 is 12.1 Å². The predicted octanol–water partition coefficient (Wildman–Crippen LogP) is 3.33. The number of nitrogens with zero attached hydrogens (tertiary/aromatic N) is 3. The maximum absolute atomic E-state index is 12.1. The van der Waals surface area contributed by atoms with E-state index in [1.807, 2.05) is 30.3 Å². The number of aryl methyl sites for hydroxylation is 1. The first-order chi connectivity index (χ1) is 11.7. The molecule has 7 nitrogen and oxygen atoms in total. The summed E-state index contributed by atoms with van der Waals surface area (Å²) in [5, 5.41) is 14.7. The van der Waals surface area contributed by atoms with Gasteiger partial charge in [-0.1, -0.05) is 31.5 Å². The Bertz CT molecular complexity index is 810. The summed E-state index contributed by atoms with van der Waals surface area (Å²) in [5.41, 5.74) is 1.96. The van der Waals surface area contributed by atoms with Crippen LogP contribution in [-0.4, -0.2) is 26.4 Å². The molecule has 0 amide bonds. The molecule has 0 bridgehead atoms. The van der Waals surface area contributed by atoms with Crippen molar-refractivity contribution in [1.29, 1.82) is 0 Å². The topological polar surface area (TPSA) is 93.9 Å². The van der Waals surface area contributed by atoms with Gasteiger partial charge in [0.15, 0.2) is 11.8 Å². The maximum atomic E-state index is 12.1. The standard InChI is InChI=1S/C17H18N4O3/c1-3-7-13-10-14(19-18-13)17(22)23-11(2)15-20-21-16(24-15)12-8-5-4-6-9-12/h4-6,8-11H,3,7H2,1-2H3,(H,18,19). The van der Waals surface area contributed by atoms with Crippen molar-refractivity contribution in [3.63, 3.8) is 0 Å². The Kier molecular flexibility index (Phi) is 4.69. The Hall–Kier alpha value is -2.96. The molecular weight excluding hydrogens is 308 g/mol. The summed E-state index contributed by atoms with van der Waals surface area (Å²) in [6, 6.07) is 11.1. The average molecular weight is 326 g/mol. The van der Waals surface area contributed by atoms with Crippen molar-refractivity contribution in [2.45, 2.75) is 32.8 Å². The summed E-state index contributed by atoms with van der Waals surface area (Å²) in [7, 11) is 0. The van der Waals surface area contributed by atoms with Gasteiger partial charge in [0, 0.05) is 11.3 Å². The van der Waals surface area contributed by atoms with E-state index in [2.05, 4.69) is 27.3 Å². The molecule has 0 fully saturated rings. The van der Waals surface area contributed by atoms with E-state index in [1.54, 1.807) is 13.0 Å². The third kappa shape index (κ3) is 3.51. The van der Waals surface area contributed by atoms with E-state index in [4.69, 9.17) is 9.15 Å². The van der Waals surface area contributed by atoms with Crippen molar-refractivity contribution in [1.82, 2.24) is 20.4 Å². The van der Waals surface area contributed by atoms with Crippen molar-refractivity contribution in [3.05, 3.63) is 53.7 Å². The molecule has 3 rings (SSSR count). The molecule has 7 heteroatoms. The largest absolute Gasteiger partial charge is 0.448 e. The zero-order valence-corrected chi connectivity index (χ0v) is 13.5. The molecule has 1 aromatic carbocycles. The van der Waals surface area contributed by atoms with Gasteiger partial charge in [0.2, 0.25) is 5.89 Å². The van der Waals surface area contributed by atoms with Crippen molar-refractivity contribution in [2.75, 3.05) is 0 Å². The lowest BCUT2D eigenvalue weighted by Gasteiger charge is -2.07. The number of carbonyl (C=O) groups is 1. The number of nitrogens with one attached hydrogen (secondary N) is 1. The van der Waals surface area contributed by atoms with Gasteiger partial charge in [-0.3, -0.25) is 5.10 Å². The van der Waals surface area contributed by atoms with Crippen molar-refractivity contribution in [2.24, 2.45) is 0 Å². The second-order valence-electron chi connectivity index (χ2n) is 5.39. The fraction of sp³-hybridized carbons (Fsp3) is 0.294. The number of esters is 1. The summed E-state index contributed by atoms with van der Waals surface area (Å²) in [5.74, 6) is 0.102. The average Bonchev–Trinajstić information content (AvgIpc) is 3.25. The third-order valence-electron chi connectivity index (χ3n) is 3.45. The number of ether oxygens (including phenoxy) is 1. The van der Waals surface area contributed by atoms with Crippen LogP contribution in [0.25, 0.3) is 11.5 Å². The number of carbonyl (C=O) groups excluding carboxylic acids is 1. The molecule has 0 saturated heterocycles. The summed E-state index contributed by atoms with van der Waals surface area (Å²) < 4.78 is 10.9. The Balaban J connectivity index is 1.67. The van der Waals surface area contributed by atoms with Gasteiger partial charge in [-0.05, 0) is 31.5 Å². The van der Waals surface area contributed by atoms with Crippen LogP contribution in [0, 0.1) is 0 Å². The summed E-state index contributed by atoms with van der Waals surface area (Å²) in [4.78, 5) is 12.1. The lowest BCUT2D eigenvalue weighted by Crippen LogP contribution is -2.10. The smallest absolute Gasteiger partial charge is 0.359 e. The SMILES string of the molecule is CCCc1cc(C(=O)OC(C)c2nnc(-c3ccccc3)o2)n[nH]1. The Labute approximate surface area is 139 Å². The first-order valence-corrected chi connectivity index (χ1v) is 7.81. The molecule has 0 saturated carbocycles. The van der Waals surface area contributed by atoms with Crippen LogP contribution >= 0.6 is 0 Å². The van der Waals surface area contributed by atoms with Crippen LogP contribution in [-0.2, 0) is 11.2 Å². The van der Waals surface area contributed by atoms with E-state index in [9.17, 15) is 4.79 Å². The van der Waals surface area contributed by atoms with Crippen molar-refractivity contribution < 1.29 is 13.9 Å². The van der Waals surface area contributed by atoms with Gasteiger partial charge >= 0.3 is 5.97 Å². The highest BCUT2D eigenvalue weighted by molar-refractivity contribution is 5.87. The van der Waals surface area contributed by atoms with Gasteiger partial charge in [-0.2, -0.15) is 5.10 Å². The van der Waals surface area contributed by atoms with E-state index in [1.165, 1.54) is 0 Å². The van der Waals surface area contributed by atoms with Crippen molar-refractivity contribution >= 4 is 5.97 Å². The molecule has 0 aliphatic rings.